The zero-order valence-electron chi connectivity index (χ0n) is 18.5. The Hall–Kier alpha value is -1.69. The molecule has 2 aromatic rings. The summed E-state index contributed by atoms with van der Waals surface area (Å²) in [5, 5.41) is 16.8. The van der Waals surface area contributed by atoms with Crippen molar-refractivity contribution in [3.63, 3.8) is 0 Å². The molecule has 0 bridgehead atoms. The number of thiophene rings is 1. The third-order valence-corrected chi connectivity index (χ3v) is 7.36. The molecule has 0 saturated heterocycles. The van der Waals surface area contributed by atoms with Gasteiger partial charge in [0.1, 0.15) is 0 Å². The van der Waals surface area contributed by atoms with Gasteiger partial charge in [-0.25, -0.2) is 0 Å². The molecule has 0 aliphatic heterocycles. The summed E-state index contributed by atoms with van der Waals surface area (Å²) in [6.07, 6.45) is 6.12. The molecule has 1 aromatic carbocycles. The minimum absolute atomic E-state index is 0.205. The number of rotatable bonds is 10. The van der Waals surface area contributed by atoms with Crippen LogP contribution in [0.15, 0.2) is 29.6 Å². The summed E-state index contributed by atoms with van der Waals surface area (Å²) in [4.78, 5) is 13.3. The number of nitrogens with two attached hydrogens (primary N) is 1. The lowest BCUT2D eigenvalue weighted by Crippen LogP contribution is -2.48. The van der Waals surface area contributed by atoms with Crippen LogP contribution in [-0.2, 0) is 30.5 Å². The predicted molar refractivity (Wildman–Crippen MR) is 125 cm³/mol. The van der Waals surface area contributed by atoms with Crippen LogP contribution in [0, 0.1) is 5.92 Å². The van der Waals surface area contributed by atoms with Crippen LogP contribution in [0.4, 0.5) is 0 Å². The number of aliphatic hydroxyl groups is 1. The van der Waals surface area contributed by atoms with Crippen molar-refractivity contribution in [3.8, 4) is 0 Å². The van der Waals surface area contributed by atoms with Crippen molar-refractivity contribution < 1.29 is 9.90 Å². The van der Waals surface area contributed by atoms with Crippen molar-refractivity contribution in [1.82, 2.24) is 5.32 Å². The predicted octanol–water partition coefficient (Wildman–Crippen LogP) is 4.32. The number of aliphatic hydroxyl groups excluding tert-OH is 1. The average molecular weight is 429 g/mol. The topological polar surface area (TPSA) is 75.4 Å². The number of carbonyl (C=O) groups excluding carboxylic acids is 1. The summed E-state index contributed by atoms with van der Waals surface area (Å²) in [5.74, 6) is -1.02. The average Bonchev–Trinajstić information content (AvgIpc) is 3.18. The van der Waals surface area contributed by atoms with Crippen molar-refractivity contribution in [2.75, 3.05) is 0 Å². The van der Waals surface area contributed by atoms with Crippen molar-refractivity contribution in [1.29, 1.82) is 0 Å². The molecule has 4 N–H and O–H groups in total. The molecular formula is C25H36N2O2S. The van der Waals surface area contributed by atoms with Crippen LogP contribution in [-0.4, -0.2) is 23.2 Å². The molecule has 4 unspecified atom stereocenters. The first-order chi connectivity index (χ1) is 14.4. The molecule has 1 heterocycles. The number of nitrogens with one attached hydrogen (secondary N) is 1. The molecule has 0 fully saturated rings. The van der Waals surface area contributed by atoms with E-state index in [9.17, 15) is 9.90 Å². The second-order valence-electron chi connectivity index (χ2n) is 8.66. The second-order valence-corrected chi connectivity index (χ2v) is 9.66. The summed E-state index contributed by atoms with van der Waals surface area (Å²) in [6, 6.07) is 8.90. The highest BCUT2D eigenvalue weighted by Gasteiger charge is 2.32. The molecule has 164 valence electrons. The molecule has 0 saturated carbocycles. The van der Waals surface area contributed by atoms with E-state index in [-0.39, 0.29) is 12.1 Å². The molecule has 0 radical (unpaired) electrons. The maximum absolute atomic E-state index is 12.2. The van der Waals surface area contributed by atoms with Gasteiger partial charge < -0.3 is 16.2 Å². The lowest BCUT2D eigenvalue weighted by Gasteiger charge is -2.33. The van der Waals surface area contributed by atoms with E-state index in [0.29, 0.717) is 6.42 Å². The number of hydrogen-bond donors (Lipinski definition) is 3. The molecule has 30 heavy (non-hydrogen) atoms. The Morgan fingerprint density at radius 1 is 1.30 bits per heavy atom. The van der Waals surface area contributed by atoms with E-state index in [4.69, 9.17) is 5.73 Å². The van der Waals surface area contributed by atoms with E-state index < -0.39 is 17.9 Å². The molecule has 5 heteroatoms. The van der Waals surface area contributed by atoms with Crippen LogP contribution in [0.3, 0.4) is 0 Å². The number of primary amides is 1. The molecule has 3 rings (SSSR count). The Bertz CT molecular complexity index is 847. The maximum Gasteiger partial charge on any atom is 0.223 e. The Balaban J connectivity index is 1.70. The van der Waals surface area contributed by atoms with Crippen LogP contribution in [0.2, 0.25) is 0 Å². The van der Waals surface area contributed by atoms with Gasteiger partial charge >= 0.3 is 0 Å². The number of hydrogen-bond acceptors (Lipinski definition) is 4. The Morgan fingerprint density at radius 2 is 2.10 bits per heavy atom. The summed E-state index contributed by atoms with van der Waals surface area (Å²) in [7, 11) is 0. The molecular weight excluding hydrogens is 392 g/mol. The fourth-order valence-corrected chi connectivity index (χ4v) is 5.55. The lowest BCUT2D eigenvalue weighted by molar-refractivity contribution is -0.126. The zero-order valence-corrected chi connectivity index (χ0v) is 19.3. The van der Waals surface area contributed by atoms with Crippen LogP contribution >= 0.6 is 11.3 Å². The number of benzene rings is 1. The monoisotopic (exact) mass is 428 g/mol. The fourth-order valence-electron chi connectivity index (χ4n) is 4.57. The standard InChI is InChI=1S/C25H36N2O2S/c1-4-7-18-12-20(30-15-18)14-22(25(26)29)24(28)16(3)27-23-9-6-8-19-11-10-17(5-2)13-21(19)23/h10-13,15-16,22-24,27-28H,4-9,14H2,1-3H3,(H2,26,29). The van der Waals surface area contributed by atoms with E-state index in [2.05, 4.69) is 48.8 Å². The zero-order chi connectivity index (χ0) is 21.7. The van der Waals surface area contributed by atoms with Gasteiger partial charge in [0, 0.05) is 17.0 Å². The van der Waals surface area contributed by atoms with E-state index in [1.807, 2.05) is 6.92 Å². The van der Waals surface area contributed by atoms with Crippen LogP contribution in [0.25, 0.3) is 0 Å². The molecule has 1 aliphatic rings. The van der Waals surface area contributed by atoms with Crippen molar-refractivity contribution in [2.24, 2.45) is 11.7 Å². The summed E-state index contributed by atoms with van der Waals surface area (Å²) < 4.78 is 0. The number of fused-ring (bicyclic) bond motifs is 1. The first-order valence-electron chi connectivity index (χ1n) is 11.3. The quantitative estimate of drug-likeness (QED) is 0.527. The fraction of sp³-hybridized carbons (Fsp3) is 0.560. The Morgan fingerprint density at radius 3 is 2.80 bits per heavy atom. The van der Waals surface area contributed by atoms with Crippen LogP contribution < -0.4 is 11.1 Å². The minimum atomic E-state index is -0.820. The number of amides is 1. The largest absolute Gasteiger partial charge is 0.391 e. The molecule has 4 atom stereocenters. The van der Waals surface area contributed by atoms with Gasteiger partial charge in [-0.3, -0.25) is 4.79 Å². The Labute approximate surface area is 184 Å². The second kappa shape index (κ2) is 10.6. The SMILES string of the molecule is CCCc1csc(CC(C(N)=O)C(O)C(C)NC2CCCc3ccc(CC)cc32)c1. The number of aryl methyl sites for hydroxylation is 3. The van der Waals surface area contributed by atoms with E-state index in [1.165, 1.54) is 22.3 Å². The van der Waals surface area contributed by atoms with Gasteiger partial charge in [0.25, 0.3) is 0 Å². The third-order valence-electron chi connectivity index (χ3n) is 6.35. The number of carbonyl (C=O) groups is 1. The molecule has 1 aliphatic carbocycles. The van der Waals surface area contributed by atoms with Crippen molar-refractivity contribution in [3.05, 3.63) is 56.8 Å². The molecule has 0 spiro atoms. The van der Waals surface area contributed by atoms with Crippen LogP contribution in [0.1, 0.15) is 73.2 Å². The Kier molecular flexibility index (Phi) is 8.09. The normalized spacial score (nSPS) is 19.1. The van der Waals surface area contributed by atoms with Crippen molar-refractivity contribution >= 4 is 17.2 Å². The molecule has 4 nitrogen and oxygen atoms in total. The van der Waals surface area contributed by atoms with Gasteiger partial charge in [0.05, 0.1) is 12.0 Å². The summed E-state index contributed by atoms with van der Waals surface area (Å²) >= 11 is 1.66. The van der Waals surface area contributed by atoms with Gasteiger partial charge in [-0.1, -0.05) is 38.5 Å². The van der Waals surface area contributed by atoms with Gasteiger partial charge in [-0.15, -0.1) is 11.3 Å². The summed E-state index contributed by atoms with van der Waals surface area (Å²) in [5.41, 5.74) is 11.1. The highest BCUT2D eigenvalue weighted by Crippen LogP contribution is 2.32. The van der Waals surface area contributed by atoms with Gasteiger partial charge in [0.2, 0.25) is 5.91 Å². The molecule has 1 amide bonds. The smallest absolute Gasteiger partial charge is 0.223 e. The van der Waals surface area contributed by atoms with Gasteiger partial charge in [-0.2, -0.15) is 0 Å². The lowest BCUT2D eigenvalue weighted by atomic mass is 9.85. The third kappa shape index (κ3) is 5.51. The van der Waals surface area contributed by atoms with Gasteiger partial charge in [-0.05, 0) is 79.1 Å². The van der Waals surface area contributed by atoms with Gasteiger partial charge in [0.15, 0.2) is 0 Å². The molecule has 1 aromatic heterocycles. The first-order valence-corrected chi connectivity index (χ1v) is 12.2. The van der Waals surface area contributed by atoms with Crippen LogP contribution in [0.5, 0.6) is 0 Å². The highest BCUT2D eigenvalue weighted by molar-refractivity contribution is 7.10. The highest BCUT2D eigenvalue weighted by atomic mass is 32.1. The van der Waals surface area contributed by atoms with E-state index in [0.717, 1.165) is 43.4 Å². The van der Waals surface area contributed by atoms with E-state index >= 15 is 0 Å². The maximum atomic E-state index is 12.2. The summed E-state index contributed by atoms with van der Waals surface area (Å²) in [6.45, 7) is 6.30. The van der Waals surface area contributed by atoms with Crippen molar-refractivity contribution in [2.45, 2.75) is 83.9 Å². The van der Waals surface area contributed by atoms with E-state index in [1.54, 1.807) is 11.3 Å². The first kappa shape index (κ1) is 23.0. The minimum Gasteiger partial charge on any atom is -0.391 e.